The van der Waals surface area contributed by atoms with E-state index in [-0.39, 0.29) is 46.6 Å². The highest BCUT2D eigenvalue weighted by Gasteiger charge is 2.35. The molecule has 0 unspecified atom stereocenters. The molecule has 2 amide bonds. The lowest BCUT2D eigenvalue weighted by Gasteiger charge is -2.39. The minimum atomic E-state index is -3.77. The highest BCUT2D eigenvalue weighted by atomic mass is 32.2. The molecule has 10 heteroatoms. The van der Waals surface area contributed by atoms with E-state index >= 15 is 0 Å². The monoisotopic (exact) mass is 479 g/mol. The third-order valence-corrected chi connectivity index (χ3v) is 8.00. The maximum atomic E-state index is 13.1. The number of piperidine rings is 1. The van der Waals surface area contributed by atoms with Gasteiger partial charge in [-0.3, -0.25) is 9.59 Å². The topological polar surface area (TPSA) is 105 Å². The van der Waals surface area contributed by atoms with Crippen molar-refractivity contribution < 1.29 is 27.5 Å². The lowest BCUT2D eigenvalue weighted by Crippen LogP contribution is -2.51. The third-order valence-electron chi connectivity index (χ3n) is 6.46. The number of benzene rings is 1. The van der Waals surface area contributed by atoms with E-state index < -0.39 is 10.0 Å². The van der Waals surface area contributed by atoms with Crippen LogP contribution in [0.3, 0.4) is 0 Å². The Morgan fingerprint density at radius 1 is 1.03 bits per heavy atom. The number of carbonyl (C=O) groups is 2. The molecule has 1 saturated carbocycles. The maximum Gasteiger partial charge on any atom is 0.253 e. The molecule has 182 valence electrons. The zero-order valence-corrected chi connectivity index (χ0v) is 20.3. The van der Waals surface area contributed by atoms with Gasteiger partial charge in [0.25, 0.3) is 5.91 Å². The number of sulfonamides is 1. The van der Waals surface area contributed by atoms with Crippen LogP contribution in [0.5, 0.6) is 5.75 Å². The first-order chi connectivity index (χ1) is 15.7. The Kier molecular flexibility index (Phi) is 6.97. The molecule has 0 aromatic heterocycles. The fourth-order valence-electron chi connectivity index (χ4n) is 4.63. The first-order valence-corrected chi connectivity index (χ1v) is 13.1. The van der Waals surface area contributed by atoms with E-state index in [9.17, 15) is 18.0 Å². The standard InChI is InChI=1S/C23H33N3O6S/c1-15-13-26(14-16(2)32-15)22(27)17-8-10-25(11-9-17)23(28)18-4-7-20(31-3)21(12-18)33(29,30)24-19-5-6-19/h4,7,12,15-17,19,24H,5-6,8-11,13-14H2,1-3H3/t15-,16-/m1/s1. The normalized spacial score (nSPS) is 24.6. The van der Waals surface area contributed by atoms with Gasteiger partial charge in [0.2, 0.25) is 15.9 Å². The van der Waals surface area contributed by atoms with Gasteiger partial charge in [-0.05, 0) is 57.7 Å². The molecule has 2 heterocycles. The number of morpholine rings is 1. The lowest BCUT2D eigenvalue weighted by molar-refractivity contribution is -0.148. The first kappa shape index (κ1) is 24.0. The minimum Gasteiger partial charge on any atom is -0.495 e. The third kappa shape index (κ3) is 5.50. The molecule has 2 saturated heterocycles. The van der Waals surface area contributed by atoms with Gasteiger partial charge in [0.05, 0.1) is 19.3 Å². The van der Waals surface area contributed by atoms with Crippen LogP contribution in [-0.2, 0) is 19.6 Å². The second kappa shape index (κ2) is 9.60. The van der Waals surface area contributed by atoms with E-state index in [1.54, 1.807) is 11.0 Å². The molecular weight excluding hydrogens is 446 g/mol. The van der Waals surface area contributed by atoms with Crippen molar-refractivity contribution in [3.05, 3.63) is 23.8 Å². The van der Waals surface area contributed by atoms with Crippen LogP contribution < -0.4 is 9.46 Å². The Morgan fingerprint density at radius 3 is 2.24 bits per heavy atom. The molecule has 2 aliphatic heterocycles. The summed E-state index contributed by atoms with van der Waals surface area (Å²) in [7, 11) is -2.37. The average Bonchev–Trinajstić information content (AvgIpc) is 3.60. The number of carbonyl (C=O) groups excluding carboxylic acids is 2. The molecule has 33 heavy (non-hydrogen) atoms. The number of hydrogen-bond donors (Lipinski definition) is 1. The summed E-state index contributed by atoms with van der Waals surface area (Å²) in [4.78, 5) is 29.7. The van der Waals surface area contributed by atoms with Gasteiger partial charge in [-0.15, -0.1) is 0 Å². The molecule has 1 aliphatic carbocycles. The Labute approximate surface area is 195 Å². The molecule has 1 N–H and O–H groups in total. The van der Waals surface area contributed by atoms with Crippen LogP contribution >= 0.6 is 0 Å². The van der Waals surface area contributed by atoms with Crippen LogP contribution in [0.25, 0.3) is 0 Å². The predicted octanol–water partition coefficient (Wildman–Crippen LogP) is 1.62. The van der Waals surface area contributed by atoms with Crippen LogP contribution in [0.15, 0.2) is 23.1 Å². The summed E-state index contributed by atoms with van der Waals surface area (Å²) in [5, 5.41) is 0. The van der Waals surface area contributed by atoms with Crippen LogP contribution in [0.2, 0.25) is 0 Å². The van der Waals surface area contributed by atoms with E-state index in [4.69, 9.17) is 9.47 Å². The van der Waals surface area contributed by atoms with Crippen molar-refractivity contribution in [1.29, 1.82) is 0 Å². The van der Waals surface area contributed by atoms with Gasteiger partial charge in [-0.25, -0.2) is 13.1 Å². The Hall–Kier alpha value is -2.17. The van der Waals surface area contributed by atoms with Gasteiger partial charge in [-0.2, -0.15) is 0 Å². The Bertz CT molecular complexity index is 991. The second-order valence-electron chi connectivity index (χ2n) is 9.33. The fourth-order valence-corrected chi connectivity index (χ4v) is 6.13. The quantitative estimate of drug-likeness (QED) is 0.665. The molecule has 0 bridgehead atoms. The van der Waals surface area contributed by atoms with Crippen LogP contribution in [-0.4, -0.2) is 81.6 Å². The fraction of sp³-hybridized carbons (Fsp3) is 0.652. The van der Waals surface area contributed by atoms with Gasteiger partial charge in [0.15, 0.2) is 0 Å². The molecule has 2 atom stereocenters. The summed E-state index contributed by atoms with van der Waals surface area (Å²) < 4.78 is 39.1. The Morgan fingerprint density at radius 2 is 1.67 bits per heavy atom. The van der Waals surface area contributed by atoms with E-state index in [2.05, 4.69) is 4.72 Å². The molecule has 3 fully saturated rings. The van der Waals surface area contributed by atoms with Crippen molar-refractivity contribution in [2.24, 2.45) is 5.92 Å². The van der Waals surface area contributed by atoms with Gasteiger partial charge >= 0.3 is 0 Å². The smallest absolute Gasteiger partial charge is 0.253 e. The summed E-state index contributed by atoms with van der Waals surface area (Å²) >= 11 is 0. The average molecular weight is 480 g/mol. The van der Waals surface area contributed by atoms with Gasteiger partial charge in [-0.1, -0.05) is 0 Å². The minimum absolute atomic E-state index is 0.0225. The van der Waals surface area contributed by atoms with E-state index in [0.29, 0.717) is 44.6 Å². The van der Waals surface area contributed by atoms with E-state index in [1.807, 2.05) is 18.7 Å². The zero-order chi connectivity index (χ0) is 23.8. The molecule has 1 aromatic rings. The molecule has 0 radical (unpaired) electrons. The lowest BCUT2D eigenvalue weighted by atomic mass is 9.94. The summed E-state index contributed by atoms with van der Waals surface area (Å²) in [5.41, 5.74) is 0.299. The van der Waals surface area contributed by atoms with Crippen molar-refractivity contribution in [3.63, 3.8) is 0 Å². The van der Waals surface area contributed by atoms with E-state index in [0.717, 1.165) is 12.8 Å². The SMILES string of the molecule is COc1ccc(C(=O)N2CCC(C(=O)N3C[C@@H](C)O[C@H](C)C3)CC2)cc1S(=O)(=O)NC1CC1. The second-order valence-corrected chi connectivity index (χ2v) is 11.0. The number of rotatable bonds is 6. The van der Waals surface area contributed by atoms with Gasteiger partial charge in [0, 0.05) is 43.7 Å². The van der Waals surface area contributed by atoms with Crippen LogP contribution in [0, 0.1) is 5.92 Å². The number of likely N-dealkylation sites (tertiary alicyclic amines) is 1. The van der Waals surface area contributed by atoms with Gasteiger partial charge in [0.1, 0.15) is 10.6 Å². The van der Waals surface area contributed by atoms with E-state index in [1.165, 1.54) is 19.2 Å². The Balaban J connectivity index is 1.41. The summed E-state index contributed by atoms with van der Waals surface area (Å²) in [6.45, 7) is 6.06. The van der Waals surface area contributed by atoms with Crippen molar-refractivity contribution in [1.82, 2.24) is 14.5 Å². The van der Waals surface area contributed by atoms with Crippen molar-refractivity contribution >= 4 is 21.8 Å². The number of hydrogen-bond acceptors (Lipinski definition) is 6. The van der Waals surface area contributed by atoms with Crippen molar-refractivity contribution in [2.75, 3.05) is 33.3 Å². The van der Waals surface area contributed by atoms with Crippen LogP contribution in [0.4, 0.5) is 0 Å². The first-order valence-electron chi connectivity index (χ1n) is 11.6. The number of nitrogens with one attached hydrogen (secondary N) is 1. The number of ether oxygens (including phenoxy) is 2. The van der Waals surface area contributed by atoms with Crippen LogP contribution in [0.1, 0.15) is 49.9 Å². The highest BCUT2D eigenvalue weighted by molar-refractivity contribution is 7.89. The van der Waals surface area contributed by atoms with Gasteiger partial charge < -0.3 is 19.3 Å². The molecular formula is C23H33N3O6S. The number of nitrogens with zero attached hydrogens (tertiary/aromatic N) is 2. The molecule has 9 nitrogen and oxygen atoms in total. The largest absolute Gasteiger partial charge is 0.495 e. The molecule has 4 rings (SSSR count). The zero-order valence-electron chi connectivity index (χ0n) is 19.5. The summed E-state index contributed by atoms with van der Waals surface area (Å²) in [6.07, 6.45) is 2.86. The molecule has 1 aromatic carbocycles. The number of methoxy groups -OCH3 is 1. The maximum absolute atomic E-state index is 13.1. The summed E-state index contributed by atoms with van der Waals surface area (Å²) in [6, 6.07) is 4.45. The van der Waals surface area contributed by atoms with Crippen molar-refractivity contribution in [2.45, 2.75) is 62.7 Å². The van der Waals surface area contributed by atoms with Crippen molar-refractivity contribution in [3.8, 4) is 5.75 Å². The highest BCUT2D eigenvalue weighted by Crippen LogP contribution is 2.29. The molecule has 3 aliphatic rings. The summed E-state index contributed by atoms with van der Waals surface area (Å²) in [5.74, 6) is -0.00723. The molecule has 0 spiro atoms. The number of amides is 2. The predicted molar refractivity (Wildman–Crippen MR) is 122 cm³/mol.